The number of rotatable bonds is 3. The second kappa shape index (κ2) is 4.65. The molecule has 0 bridgehead atoms. The fraction of sp³-hybridized carbons (Fsp3) is 0.500. The summed E-state index contributed by atoms with van der Waals surface area (Å²) in [5, 5.41) is 10.2. The van der Waals surface area contributed by atoms with E-state index in [9.17, 15) is 4.79 Å². The van der Waals surface area contributed by atoms with Crippen LogP contribution in [-0.2, 0) is 4.74 Å². The van der Waals surface area contributed by atoms with E-state index in [2.05, 4.69) is 11.2 Å². The number of nitrogens with one attached hydrogen (secondary N) is 1. The Morgan fingerprint density at radius 3 is 3.00 bits per heavy atom. The number of terminal acetylenes is 1. The Morgan fingerprint density at radius 2 is 2.60 bits per heavy atom. The van der Waals surface area contributed by atoms with E-state index in [1.165, 1.54) is 0 Å². The van der Waals surface area contributed by atoms with E-state index < -0.39 is 12.3 Å². The third-order valence-electron chi connectivity index (χ3n) is 0.743. The van der Waals surface area contributed by atoms with Gasteiger partial charge in [-0.15, -0.1) is 6.42 Å². The lowest BCUT2D eigenvalue weighted by molar-refractivity contribution is 0.0651. The molecule has 0 aliphatic carbocycles. The lowest BCUT2D eigenvalue weighted by atomic mass is 10.6. The average molecular weight is 143 g/mol. The average Bonchev–Trinajstić information content (AvgIpc) is 1.82. The van der Waals surface area contributed by atoms with Gasteiger partial charge in [0.05, 0.1) is 0 Å². The van der Waals surface area contributed by atoms with Crippen molar-refractivity contribution < 1.29 is 14.6 Å². The molecule has 0 aliphatic rings. The van der Waals surface area contributed by atoms with Gasteiger partial charge in [0, 0.05) is 0 Å². The molecule has 4 nitrogen and oxygen atoms in total. The van der Waals surface area contributed by atoms with Crippen LogP contribution in [0.4, 0.5) is 4.79 Å². The van der Waals surface area contributed by atoms with E-state index in [-0.39, 0.29) is 6.61 Å². The summed E-state index contributed by atoms with van der Waals surface area (Å²) in [6, 6.07) is 0. The molecular weight excluding hydrogens is 134 g/mol. The van der Waals surface area contributed by atoms with Gasteiger partial charge in [0.25, 0.3) is 0 Å². The number of ether oxygens (including phenoxy) is 1. The van der Waals surface area contributed by atoms with Crippen LogP contribution in [-0.4, -0.2) is 24.0 Å². The highest BCUT2D eigenvalue weighted by molar-refractivity contribution is 5.64. The highest BCUT2D eigenvalue weighted by Gasteiger charge is 2.02. The highest BCUT2D eigenvalue weighted by atomic mass is 16.5. The van der Waals surface area contributed by atoms with Gasteiger partial charge >= 0.3 is 6.09 Å². The largest absolute Gasteiger partial charge is 0.465 e. The van der Waals surface area contributed by atoms with Crippen LogP contribution >= 0.6 is 0 Å². The molecule has 56 valence electrons. The van der Waals surface area contributed by atoms with Crippen LogP contribution in [0, 0.1) is 12.3 Å². The topological polar surface area (TPSA) is 58.6 Å². The minimum atomic E-state index is -1.12. The minimum Gasteiger partial charge on any atom is -0.465 e. The van der Waals surface area contributed by atoms with Gasteiger partial charge in [-0.1, -0.05) is 5.92 Å². The van der Waals surface area contributed by atoms with Gasteiger partial charge in [-0.05, 0) is 6.92 Å². The van der Waals surface area contributed by atoms with Crippen molar-refractivity contribution in [2.45, 2.75) is 13.2 Å². The van der Waals surface area contributed by atoms with Gasteiger partial charge in [0.15, 0.2) is 0 Å². The Balaban J connectivity index is 3.36. The highest BCUT2D eigenvalue weighted by Crippen LogP contribution is 1.82. The summed E-state index contributed by atoms with van der Waals surface area (Å²) in [6.07, 6.45) is 3.19. The van der Waals surface area contributed by atoms with Crippen LogP contribution in [0.15, 0.2) is 0 Å². The smallest absolute Gasteiger partial charge is 0.406 e. The Hall–Kier alpha value is -1.21. The Bertz CT molecular complexity index is 150. The van der Waals surface area contributed by atoms with Crippen molar-refractivity contribution >= 4 is 6.09 Å². The monoisotopic (exact) mass is 143 g/mol. The van der Waals surface area contributed by atoms with Crippen molar-refractivity contribution in [3.05, 3.63) is 0 Å². The van der Waals surface area contributed by atoms with E-state index in [1.54, 1.807) is 6.92 Å². The first-order chi connectivity index (χ1) is 4.66. The molecule has 1 unspecified atom stereocenters. The predicted octanol–water partition coefficient (Wildman–Crippen LogP) is 0.250. The van der Waals surface area contributed by atoms with Crippen molar-refractivity contribution in [3.63, 3.8) is 0 Å². The van der Waals surface area contributed by atoms with Gasteiger partial charge in [-0.2, -0.15) is 0 Å². The van der Waals surface area contributed by atoms with Crippen molar-refractivity contribution in [3.8, 4) is 12.3 Å². The van der Waals surface area contributed by atoms with Crippen LogP contribution in [0.2, 0.25) is 0 Å². The fourth-order valence-corrected chi connectivity index (χ4v) is 0.389. The standard InChI is InChI=1S/C6H9NO3/c1-3-4-10-5(2)7-6(8)9/h1,5,7H,4H2,2H3,(H,8,9). The van der Waals surface area contributed by atoms with E-state index in [0.717, 1.165) is 0 Å². The first kappa shape index (κ1) is 8.79. The molecule has 2 N–H and O–H groups in total. The Labute approximate surface area is 59.2 Å². The van der Waals surface area contributed by atoms with Gasteiger partial charge in [0.2, 0.25) is 0 Å². The molecule has 0 rings (SSSR count). The minimum absolute atomic E-state index is 0.113. The fourth-order valence-electron chi connectivity index (χ4n) is 0.389. The predicted molar refractivity (Wildman–Crippen MR) is 35.4 cm³/mol. The van der Waals surface area contributed by atoms with E-state index >= 15 is 0 Å². The SMILES string of the molecule is C#CCOC(C)NC(=O)O. The molecule has 0 aromatic rings. The molecule has 1 atom stereocenters. The number of hydrogen-bond acceptors (Lipinski definition) is 2. The summed E-state index contributed by atoms with van der Waals surface area (Å²) >= 11 is 0. The Kier molecular flexibility index (Phi) is 4.09. The van der Waals surface area contributed by atoms with Crippen molar-refractivity contribution in [2.75, 3.05) is 6.61 Å². The summed E-state index contributed by atoms with van der Waals surface area (Å²) in [4.78, 5) is 9.93. The maximum absolute atomic E-state index is 9.93. The molecular formula is C6H9NO3. The second-order valence-corrected chi connectivity index (χ2v) is 1.61. The third kappa shape index (κ3) is 4.94. The van der Waals surface area contributed by atoms with Crippen LogP contribution < -0.4 is 5.32 Å². The van der Waals surface area contributed by atoms with Crippen LogP contribution in [0.1, 0.15) is 6.92 Å². The maximum Gasteiger partial charge on any atom is 0.406 e. The molecule has 0 aliphatic heterocycles. The van der Waals surface area contributed by atoms with Crippen LogP contribution in [0.25, 0.3) is 0 Å². The number of amides is 1. The van der Waals surface area contributed by atoms with Gasteiger partial charge in [0.1, 0.15) is 12.8 Å². The summed E-state index contributed by atoms with van der Waals surface area (Å²) in [5.74, 6) is 2.22. The molecule has 0 fully saturated rings. The van der Waals surface area contributed by atoms with Crippen molar-refractivity contribution in [2.24, 2.45) is 0 Å². The number of carboxylic acid groups (broad SMARTS) is 1. The summed E-state index contributed by atoms with van der Waals surface area (Å²) in [6.45, 7) is 1.67. The van der Waals surface area contributed by atoms with Crippen molar-refractivity contribution in [1.29, 1.82) is 0 Å². The summed E-state index contributed by atoms with van der Waals surface area (Å²) in [7, 11) is 0. The van der Waals surface area contributed by atoms with Crippen molar-refractivity contribution in [1.82, 2.24) is 5.32 Å². The van der Waals surface area contributed by atoms with Crippen LogP contribution in [0.5, 0.6) is 0 Å². The number of carbonyl (C=O) groups is 1. The molecule has 4 heteroatoms. The molecule has 0 saturated heterocycles. The molecule has 0 aromatic heterocycles. The van der Waals surface area contributed by atoms with E-state index in [0.29, 0.717) is 0 Å². The second-order valence-electron chi connectivity index (χ2n) is 1.61. The lowest BCUT2D eigenvalue weighted by Crippen LogP contribution is -2.33. The van der Waals surface area contributed by atoms with Crippen LogP contribution in [0.3, 0.4) is 0 Å². The quantitative estimate of drug-likeness (QED) is 0.439. The van der Waals surface area contributed by atoms with E-state index in [1.807, 2.05) is 0 Å². The van der Waals surface area contributed by atoms with E-state index in [4.69, 9.17) is 16.3 Å². The molecule has 1 amide bonds. The molecule has 10 heavy (non-hydrogen) atoms. The Morgan fingerprint density at radius 1 is 2.00 bits per heavy atom. The first-order valence-corrected chi connectivity index (χ1v) is 2.71. The molecule has 0 spiro atoms. The summed E-state index contributed by atoms with van der Waals surface area (Å²) in [5.41, 5.74) is 0. The third-order valence-corrected chi connectivity index (χ3v) is 0.743. The normalized spacial score (nSPS) is 11.6. The lowest BCUT2D eigenvalue weighted by Gasteiger charge is -2.09. The van der Waals surface area contributed by atoms with Gasteiger partial charge in [-0.3, -0.25) is 5.32 Å². The molecule has 0 radical (unpaired) electrons. The van der Waals surface area contributed by atoms with Gasteiger partial charge < -0.3 is 9.84 Å². The zero-order valence-corrected chi connectivity index (χ0v) is 5.63. The maximum atomic E-state index is 9.93. The molecule has 0 saturated carbocycles. The zero-order chi connectivity index (χ0) is 7.98. The summed E-state index contributed by atoms with van der Waals surface area (Å²) < 4.78 is 4.77. The zero-order valence-electron chi connectivity index (χ0n) is 5.63. The number of hydrogen-bond donors (Lipinski definition) is 2. The molecule has 0 heterocycles. The van der Waals surface area contributed by atoms with Gasteiger partial charge in [-0.25, -0.2) is 4.79 Å². The molecule has 0 aromatic carbocycles. The first-order valence-electron chi connectivity index (χ1n) is 2.71.